The Morgan fingerprint density at radius 1 is 1.16 bits per heavy atom. The maximum atomic E-state index is 12.8. The smallest absolute Gasteiger partial charge is 0.223 e. The summed E-state index contributed by atoms with van der Waals surface area (Å²) in [4.78, 5) is 26.3. The number of anilines is 1. The van der Waals surface area contributed by atoms with Gasteiger partial charge in [-0.2, -0.15) is 10.4 Å². The van der Waals surface area contributed by atoms with Crippen LogP contribution in [0, 0.1) is 32.1 Å². The number of amides is 1. The second-order valence-corrected chi connectivity index (χ2v) is 8.53. The molecule has 0 spiro atoms. The minimum atomic E-state index is 0.185. The van der Waals surface area contributed by atoms with Gasteiger partial charge in [0.15, 0.2) is 0 Å². The van der Waals surface area contributed by atoms with E-state index in [2.05, 4.69) is 34.9 Å². The number of piperazine rings is 1. The Balaban J connectivity index is 1.56. The maximum Gasteiger partial charge on any atom is 0.223 e. The number of rotatable bonds is 7. The third-order valence-corrected chi connectivity index (χ3v) is 5.89. The molecule has 166 valence electrons. The van der Waals surface area contributed by atoms with E-state index < -0.39 is 0 Å². The van der Waals surface area contributed by atoms with Crippen LogP contribution in [0.5, 0.6) is 0 Å². The van der Waals surface area contributed by atoms with Crippen molar-refractivity contribution < 1.29 is 4.79 Å². The maximum absolute atomic E-state index is 12.8. The summed E-state index contributed by atoms with van der Waals surface area (Å²) >= 11 is 0. The Labute approximate surface area is 184 Å². The molecule has 2 aromatic rings. The van der Waals surface area contributed by atoms with Crippen LogP contribution in [0.2, 0.25) is 0 Å². The van der Waals surface area contributed by atoms with E-state index >= 15 is 0 Å². The van der Waals surface area contributed by atoms with Gasteiger partial charge in [0.05, 0.1) is 24.7 Å². The lowest BCUT2D eigenvalue weighted by atomic mass is 10.1. The van der Waals surface area contributed by atoms with Gasteiger partial charge in [-0.1, -0.05) is 13.8 Å². The summed E-state index contributed by atoms with van der Waals surface area (Å²) in [7, 11) is 0. The minimum Gasteiger partial charge on any atom is -0.353 e. The lowest BCUT2D eigenvalue weighted by molar-refractivity contribution is -0.131. The van der Waals surface area contributed by atoms with Gasteiger partial charge in [0.25, 0.3) is 0 Å². The van der Waals surface area contributed by atoms with Crippen LogP contribution in [0.25, 0.3) is 0 Å². The molecule has 2 aromatic heterocycles. The van der Waals surface area contributed by atoms with Crippen LogP contribution in [-0.4, -0.2) is 56.7 Å². The molecule has 0 aliphatic carbocycles. The number of nitrogens with zero attached hydrogens (tertiary/aromatic N) is 7. The zero-order valence-corrected chi connectivity index (χ0v) is 19.4. The molecule has 0 radical (unpaired) electrons. The van der Waals surface area contributed by atoms with Crippen LogP contribution in [0.4, 0.5) is 5.82 Å². The molecule has 0 N–H and O–H groups in total. The summed E-state index contributed by atoms with van der Waals surface area (Å²) in [6, 6.07) is 4.19. The van der Waals surface area contributed by atoms with Crippen LogP contribution in [0.3, 0.4) is 0 Å². The van der Waals surface area contributed by atoms with Crippen LogP contribution >= 0.6 is 0 Å². The fraction of sp³-hybridized carbons (Fsp3) is 0.609. The predicted molar refractivity (Wildman–Crippen MR) is 120 cm³/mol. The molecular formula is C23H33N7O. The topological polar surface area (TPSA) is 90.9 Å². The second-order valence-electron chi connectivity index (χ2n) is 8.53. The van der Waals surface area contributed by atoms with E-state index in [1.165, 1.54) is 0 Å². The van der Waals surface area contributed by atoms with Crippen molar-refractivity contribution in [2.45, 2.75) is 66.3 Å². The number of nitriles is 1. The van der Waals surface area contributed by atoms with Crippen molar-refractivity contribution in [3.05, 3.63) is 34.5 Å². The van der Waals surface area contributed by atoms with Gasteiger partial charge in [-0.05, 0) is 32.8 Å². The Morgan fingerprint density at radius 2 is 1.87 bits per heavy atom. The first kappa shape index (κ1) is 22.7. The Hall–Kier alpha value is -2.95. The van der Waals surface area contributed by atoms with Crippen molar-refractivity contribution in [1.29, 1.82) is 5.26 Å². The first-order valence-corrected chi connectivity index (χ1v) is 11.1. The molecule has 8 nitrogen and oxygen atoms in total. The largest absolute Gasteiger partial charge is 0.353 e. The van der Waals surface area contributed by atoms with Crippen molar-refractivity contribution in [3.8, 4) is 6.07 Å². The highest BCUT2D eigenvalue weighted by molar-refractivity contribution is 5.76. The highest BCUT2D eigenvalue weighted by Crippen LogP contribution is 2.20. The Bertz CT molecular complexity index is 965. The van der Waals surface area contributed by atoms with Crippen LogP contribution in [-0.2, 0) is 17.8 Å². The molecule has 1 aliphatic rings. The average molecular weight is 424 g/mol. The SMILES string of the molecule is Cc1cc(N2CCN(C(=O)CCc3c(C)nn(CCC#N)c3C)CC2)nc(C(C)C)n1. The molecule has 1 aliphatic heterocycles. The number of aryl methyl sites for hydroxylation is 3. The van der Waals surface area contributed by atoms with E-state index in [-0.39, 0.29) is 11.8 Å². The van der Waals surface area contributed by atoms with Crippen molar-refractivity contribution in [2.75, 3.05) is 31.1 Å². The van der Waals surface area contributed by atoms with Crippen LogP contribution in [0.15, 0.2) is 6.07 Å². The fourth-order valence-corrected chi connectivity index (χ4v) is 4.04. The summed E-state index contributed by atoms with van der Waals surface area (Å²) in [5, 5.41) is 13.3. The second kappa shape index (κ2) is 9.90. The first-order chi connectivity index (χ1) is 14.8. The summed E-state index contributed by atoms with van der Waals surface area (Å²) in [5.74, 6) is 2.30. The average Bonchev–Trinajstić information content (AvgIpc) is 3.02. The van der Waals surface area contributed by atoms with Gasteiger partial charge in [-0.3, -0.25) is 9.48 Å². The van der Waals surface area contributed by atoms with Gasteiger partial charge < -0.3 is 9.80 Å². The van der Waals surface area contributed by atoms with E-state index in [1.807, 2.05) is 36.4 Å². The zero-order chi connectivity index (χ0) is 22.5. The summed E-state index contributed by atoms with van der Waals surface area (Å²) in [6.45, 7) is 13.8. The number of carbonyl (C=O) groups excluding carboxylic acids is 1. The van der Waals surface area contributed by atoms with Gasteiger partial charge in [0.1, 0.15) is 11.6 Å². The molecule has 3 rings (SSSR count). The quantitative estimate of drug-likeness (QED) is 0.680. The summed E-state index contributed by atoms with van der Waals surface area (Å²) < 4.78 is 1.88. The highest BCUT2D eigenvalue weighted by Gasteiger charge is 2.23. The molecule has 0 aromatic carbocycles. The van der Waals surface area contributed by atoms with Crippen LogP contribution in [0.1, 0.15) is 61.1 Å². The lowest BCUT2D eigenvalue weighted by Crippen LogP contribution is -2.49. The van der Waals surface area contributed by atoms with Crippen molar-refractivity contribution in [3.63, 3.8) is 0 Å². The molecule has 1 amide bonds. The van der Waals surface area contributed by atoms with Crippen molar-refractivity contribution in [1.82, 2.24) is 24.6 Å². The van der Waals surface area contributed by atoms with Gasteiger partial charge in [-0.15, -0.1) is 0 Å². The van der Waals surface area contributed by atoms with E-state index in [4.69, 9.17) is 10.2 Å². The van der Waals surface area contributed by atoms with E-state index in [0.29, 0.717) is 38.9 Å². The molecule has 8 heteroatoms. The Morgan fingerprint density at radius 3 is 2.52 bits per heavy atom. The normalized spacial score (nSPS) is 14.2. The molecular weight excluding hydrogens is 390 g/mol. The van der Waals surface area contributed by atoms with E-state index in [1.54, 1.807) is 0 Å². The van der Waals surface area contributed by atoms with Gasteiger partial charge in [0, 0.05) is 56.0 Å². The van der Waals surface area contributed by atoms with E-state index in [0.717, 1.165) is 47.4 Å². The molecule has 3 heterocycles. The lowest BCUT2D eigenvalue weighted by Gasteiger charge is -2.35. The Kier molecular flexibility index (Phi) is 7.26. The standard InChI is InChI=1S/C23H33N7O/c1-16(2)23-25-17(3)15-21(26-23)28-11-13-29(14-12-28)22(31)8-7-20-18(4)27-30(19(20)5)10-6-9-24/h15-16H,6-8,10-14H2,1-5H3. The molecule has 0 saturated carbocycles. The summed E-state index contributed by atoms with van der Waals surface area (Å²) in [6.07, 6.45) is 1.61. The highest BCUT2D eigenvalue weighted by atomic mass is 16.2. The number of carbonyl (C=O) groups is 1. The third-order valence-electron chi connectivity index (χ3n) is 5.89. The molecule has 0 bridgehead atoms. The van der Waals surface area contributed by atoms with Gasteiger partial charge in [-0.25, -0.2) is 9.97 Å². The zero-order valence-electron chi connectivity index (χ0n) is 19.4. The number of hydrogen-bond acceptors (Lipinski definition) is 6. The van der Waals surface area contributed by atoms with Gasteiger partial charge >= 0.3 is 0 Å². The first-order valence-electron chi connectivity index (χ1n) is 11.1. The van der Waals surface area contributed by atoms with Crippen molar-refractivity contribution in [2.24, 2.45) is 0 Å². The molecule has 1 fully saturated rings. The fourth-order valence-electron chi connectivity index (χ4n) is 4.04. The summed E-state index contributed by atoms with van der Waals surface area (Å²) in [5.41, 5.74) is 4.12. The predicted octanol–water partition coefficient (Wildman–Crippen LogP) is 2.92. The molecule has 0 unspecified atom stereocenters. The van der Waals surface area contributed by atoms with Gasteiger partial charge in [0.2, 0.25) is 5.91 Å². The number of aromatic nitrogens is 4. The van der Waals surface area contributed by atoms with Crippen molar-refractivity contribution >= 4 is 11.7 Å². The third kappa shape index (κ3) is 5.40. The minimum absolute atomic E-state index is 0.185. The molecule has 0 atom stereocenters. The number of hydrogen-bond donors (Lipinski definition) is 0. The molecule has 1 saturated heterocycles. The molecule has 31 heavy (non-hydrogen) atoms. The van der Waals surface area contributed by atoms with E-state index in [9.17, 15) is 4.79 Å². The monoisotopic (exact) mass is 423 g/mol. The van der Waals surface area contributed by atoms with Crippen LogP contribution < -0.4 is 4.90 Å².